The number of hydrogen-bond acceptors (Lipinski definition) is 5. The molecule has 0 saturated carbocycles. The number of fused-ring (bicyclic) bond motifs is 1. The fourth-order valence-corrected chi connectivity index (χ4v) is 3.48. The summed E-state index contributed by atoms with van der Waals surface area (Å²) in [7, 11) is 0. The molecule has 1 saturated heterocycles. The molecule has 0 N–H and O–H groups in total. The minimum atomic E-state index is 0.164. The van der Waals surface area contributed by atoms with Crippen LogP contribution in [0.4, 0.5) is 0 Å². The topological polar surface area (TPSA) is 44.2 Å². The number of hydrogen-bond donors (Lipinski definition) is 0. The SMILES string of the molecule is CCc1cc2c(OCC3CCCCO3)nc(Cl)nc2s1. The van der Waals surface area contributed by atoms with Gasteiger partial charge >= 0.3 is 0 Å². The average molecular weight is 313 g/mol. The molecule has 1 unspecified atom stereocenters. The zero-order valence-corrected chi connectivity index (χ0v) is 13.0. The number of nitrogens with zero attached hydrogens (tertiary/aromatic N) is 2. The van der Waals surface area contributed by atoms with E-state index in [-0.39, 0.29) is 11.4 Å². The van der Waals surface area contributed by atoms with Crippen LogP contribution in [0.25, 0.3) is 10.2 Å². The zero-order chi connectivity index (χ0) is 13.9. The molecule has 0 radical (unpaired) electrons. The Morgan fingerprint density at radius 3 is 3.10 bits per heavy atom. The van der Waals surface area contributed by atoms with Crippen molar-refractivity contribution in [3.63, 3.8) is 0 Å². The van der Waals surface area contributed by atoms with Crippen molar-refractivity contribution in [2.24, 2.45) is 0 Å². The van der Waals surface area contributed by atoms with Crippen molar-refractivity contribution < 1.29 is 9.47 Å². The quantitative estimate of drug-likeness (QED) is 0.804. The summed E-state index contributed by atoms with van der Waals surface area (Å²) in [5, 5.41) is 1.19. The van der Waals surface area contributed by atoms with Gasteiger partial charge in [-0.25, -0.2) is 4.98 Å². The third-order valence-corrected chi connectivity index (χ3v) is 4.75. The molecule has 1 aliphatic heterocycles. The van der Waals surface area contributed by atoms with Gasteiger partial charge in [-0.15, -0.1) is 11.3 Å². The Bertz CT molecular complexity index is 596. The van der Waals surface area contributed by atoms with E-state index >= 15 is 0 Å². The van der Waals surface area contributed by atoms with Crippen molar-refractivity contribution in [2.45, 2.75) is 38.7 Å². The summed E-state index contributed by atoms with van der Waals surface area (Å²) in [5.74, 6) is 0.574. The fraction of sp³-hybridized carbons (Fsp3) is 0.571. The number of aryl methyl sites for hydroxylation is 1. The van der Waals surface area contributed by atoms with Crippen molar-refractivity contribution in [2.75, 3.05) is 13.2 Å². The second-order valence-corrected chi connectivity index (χ2v) is 6.34. The molecule has 0 spiro atoms. The van der Waals surface area contributed by atoms with Crippen molar-refractivity contribution in [3.8, 4) is 5.88 Å². The van der Waals surface area contributed by atoms with Gasteiger partial charge in [0.2, 0.25) is 11.2 Å². The Morgan fingerprint density at radius 2 is 2.35 bits per heavy atom. The second-order valence-electron chi connectivity index (χ2n) is 4.88. The summed E-state index contributed by atoms with van der Waals surface area (Å²) in [6.45, 7) is 3.47. The summed E-state index contributed by atoms with van der Waals surface area (Å²) in [6.07, 6.45) is 4.53. The molecule has 2 aromatic heterocycles. The first-order valence-corrected chi connectivity index (χ1v) is 8.16. The third kappa shape index (κ3) is 3.05. The van der Waals surface area contributed by atoms with Crippen LogP contribution in [0.15, 0.2) is 6.07 Å². The van der Waals surface area contributed by atoms with E-state index in [2.05, 4.69) is 23.0 Å². The van der Waals surface area contributed by atoms with Gasteiger partial charge in [-0.1, -0.05) is 6.92 Å². The molecule has 1 aliphatic rings. The Kier molecular flexibility index (Phi) is 4.38. The maximum Gasteiger partial charge on any atom is 0.227 e. The van der Waals surface area contributed by atoms with Gasteiger partial charge in [-0.05, 0) is 43.4 Å². The van der Waals surface area contributed by atoms with E-state index in [0.29, 0.717) is 12.5 Å². The van der Waals surface area contributed by atoms with Gasteiger partial charge in [0.15, 0.2) is 0 Å². The summed E-state index contributed by atoms with van der Waals surface area (Å²) < 4.78 is 11.5. The van der Waals surface area contributed by atoms with Gasteiger partial charge in [-0.2, -0.15) is 4.98 Å². The summed E-state index contributed by atoms with van der Waals surface area (Å²) in [6, 6.07) is 2.09. The van der Waals surface area contributed by atoms with E-state index in [1.54, 1.807) is 11.3 Å². The van der Waals surface area contributed by atoms with Gasteiger partial charge in [0.25, 0.3) is 0 Å². The highest BCUT2D eigenvalue weighted by Gasteiger charge is 2.17. The lowest BCUT2D eigenvalue weighted by atomic mass is 10.1. The minimum Gasteiger partial charge on any atom is -0.474 e. The Balaban J connectivity index is 1.80. The molecule has 3 rings (SSSR count). The Morgan fingerprint density at radius 1 is 1.45 bits per heavy atom. The van der Waals surface area contributed by atoms with Crippen LogP contribution in [-0.2, 0) is 11.2 Å². The highest BCUT2D eigenvalue weighted by atomic mass is 35.5. The number of halogens is 1. The zero-order valence-electron chi connectivity index (χ0n) is 11.4. The van der Waals surface area contributed by atoms with E-state index in [1.807, 2.05) is 0 Å². The highest BCUT2D eigenvalue weighted by molar-refractivity contribution is 7.18. The minimum absolute atomic E-state index is 0.164. The van der Waals surface area contributed by atoms with E-state index < -0.39 is 0 Å². The maximum atomic E-state index is 5.97. The summed E-state index contributed by atoms with van der Waals surface area (Å²) in [4.78, 5) is 10.6. The lowest BCUT2D eigenvalue weighted by molar-refractivity contribution is -0.0116. The van der Waals surface area contributed by atoms with E-state index in [9.17, 15) is 0 Å². The molecule has 3 heterocycles. The standard InChI is InChI=1S/C14H17ClN2O2S/c1-2-10-7-11-12(16-14(15)17-13(11)20-10)19-8-9-5-3-4-6-18-9/h7,9H,2-6,8H2,1H3. The largest absolute Gasteiger partial charge is 0.474 e. The molecule has 20 heavy (non-hydrogen) atoms. The normalized spacial score (nSPS) is 19.4. The first-order valence-electron chi connectivity index (χ1n) is 6.96. The number of rotatable bonds is 4. The van der Waals surface area contributed by atoms with Crippen LogP contribution in [0, 0.1) is 0 Å². The van der Waals surface area contributed by atoms with Gasteiger partial charge in [0, 0.05) is 11.5 Å². The number of ether oxygens (including phenoxy) is 2. The lowest BCUT2D eigenvalue weighted by Gasteiger charge is -2.22. The van der Waals surface area contributed by atoms with Gasteiger partial charge in [0.1, 0.15) is 11.4 Å². The molecule has 0 bridgehead atoms. The Labute approximate surface area is 127 Å². The van der Waals surface area contributed by atoms with E-state index in [0.717, 1.165) is 36.1 Å². The molecule has 108 valence electrons. The van der Waals surface area contributed by atoms with Crippen molar-refractivity contribution >= 4 is 33.2 Å². The van der Waals surface area contributed by atoms with Gasteiger partial charge < -0.3 is 9.47 Å². The molecule has 2 aromatic rings. The monoisotopic (exact) mass is 312 g/mol. The first kappa shape index (κ1) is 14.0. The Hall–Kier alpha value is -0.910. The van der Waals surface area contributed by atoms with Crippen LogP contribution in [0.2, 0.25) is 5.28 Å². The summed E-state index contributed by atoms with van der Waals surface area (Å²) >= 11 is 7.61. The van der Waals surface area contributed by atoms with Crippen LogP contribution in [-0.4, -0.2) is 29.3 Å². The fourth-order valence-electron chi connectivity index (χ4n) is 2.32. The molecule has 1 atom stereocenters. The van der Waals surface area contributed by atoms with Gasteiger partial charge in [0.05, 0.1) is 11.5 Å². The van der Waals surface area contributed by atoms with Crippen LogP contribution >= 0.6 is 22.9 Å². The van der Waals surface area contributed by atoms with Crippen molar-refractivity contribution in [1.29, 1.82) is 0 Å². The molecular weight excluding hydrogens is 296 g/mol. The number of aromatic nitrogens is 2. The molecule has 0 amide bonds. The average Bonchev–Trinajstić information content (AvgIpc) is 2.88. The predicted octanol–water partition coefficient (Wildman–Crippen LogP) is 3.86. The van der Waals surface area contributed by atoms with Crippen LogP contribution in [0.3, 0.4) is 0 Å². The first-order chi connectivity index (χ1) is 9.76. The molecule has 1 fully saturated rings. The highest BCUT2D eigenvalue weighted by Crippen LogP contribution is 2.32. The lowest BCUT2D eigenvalue weighted by Crippen LogP contribution is -2.26. The predicted molar refractivity (Wildman–Crippen MR) is 80.9 cm³/mol. The second kappa shape index (κ2) is 6.24. The van der Waals surface area contributed by atoms with Crippen LogP contribution in [0.1, 0.15) is 31.1 Å². The molecule has 4 nitrogen and oxygen atoms in total. The van der Waals surface area contributed by atoms with Crippen molar-refractivity contribution in [1.82, 2.24) is 9.97 Å². The maximum absolute atomic E-state index is 5.97. The van der Waals surface area contributed by atoms with Crippen LogP contribution < -0.4 is 4.74 Å². The van der Waals surface area contributed by atoms with E-state index in [4.69, 9.17) is 21.1 Å². The van der Waals surface area contributed by atoms with Gasteiger partial charge in [-0.3, -0.25) is 0 Å². The number of thiophene rings is 1. The smallest absolute Gasteiger partial charge is 0.227 e. The van der Waals surface area contributed by atoms with E-state index in [1.165, 1.54) is 11.3 Å². The summed E-state index contributed by atoms with van der Waals surface area (Å²) in [5.41, 5.74) is 0. The van der Waals surface area contributed by atoms with Crippen LogP contribution in [0.5, 0.6) is 5.88 Å². The molecule has 0 aliphatic carbocycles. The molecular formula is C14H17ClN2O2S. The molecule has 6 heteroatoms. The van der Waals surface area contributed by atoms with Crippen molar-refractivity contribution in [3.05, 3.63) is 16.2 Å². The molecule has 0 aromatic carbocycles. The third-order valence-electron chi connectivity index (χ3n) is 3.41.